The Hall–Kier alpha value is -0.920. The minimum Gasteiger partial charge on any atom is -0.299 e. The summed E-state index contributed by atoms with van der Waals surface area (Å²) in [7, 11) is 8.92. The van der Waals surface area contributed by atoms with Crippen molar-refractivity contribution in [1.29, 1.82) is 0 Å². The summed E-state index contributed by atoms with van der Waals surface area (Å²) in [6, 6.07) is 0.00175. The first-order valence-corrected chi connectivity index (χ1v) is 17.9. The van der Waals surface area contributed by atoms with Gasteiger partial charge in [-0.25, -0.2) is 28.0 Å². The van der Waals surface area contributed by atoms with Gasteiger partial charge in [0.05, 0.1) is 12.1 Å². The van der Waals surface area contributed by atoms with Crippen LogP contribution in [0.2, 0.25) is 0 Å². The van der Waals surface area contributed by atoms with Gasteiger partial charge in [-0.3, -0.25) is 9.80 Å². The largest absolute Gasteiger partial charge is 0.299 e. The van der Waals surface area contributed by atoms with Crippen LogP contribution in [0.5, 0.6) is 0 Å². The van der Waals surface area contributed by atoms with E-state index in [9.17, 15) is 0 Å². The smallest absolute Gasteiger partial charge is 0.194 e. The normalized spacial score (nSPS) is 40.1. The van der Waals surface area contributed by atoms with Crippen LogP contribution in [0.3, 0.4) is 0 Å². The molecule has 0 N–H and O–H groups in total. The van der Waals surface area contributed by atoms with Crippen molar-refractivity contribution in [3.05, 3.63) is 12.2 Å². The highest BCUT2D eigenvalue weighted by molar-refractivity contribution is 7.59. The maximum absolute atomic E-state index is 5.01. The number of fused-ring (bicyclic) bond motifs is 12. The van der Waals surface area contributed by atoms with Crippen molar-refractivity contribution in [1.82, 2.24) is 37.8 Å². The molecule has 40 heavy (non-hydrogen) atoms. The molecule has 6 aliphatic heterocycles. The van der Waals surface area contributed by atoms with Gasteiger partial charge < -0.3 is 0 Å². The van der Waals surface area contributed by atoms with Gasteiger partial charge in [0, 0.05) is 78.5 Å². The average Bonchev–Trinajstić information content (AvgIpc) is 2.93. The second kappa shape index (κ2) is 13.2. The van der Waals surface area contributed by atoms with E-state index in [-0.39, 0.29) is 12.1 Å². The monoisotopic (exact) mass is 596 g/mol. The van der Waals surface area contributed by atoms with E-state index in [4.69, 9.17) is 14.8 Å². The Morgan fingerprint density at radius 3 is 1.30 bits per heavy atom. The molecule has 2 atom stereocenters. The zero-order chi connectivity index (χ0) is 28.3. The van der Waals surface area contributed by atoms with Gasteiger partial charge in [-0.2, -0.15) is 10.2 Å². The molecule has 0 aromatic heterocycles. The molecule has 16 heteroatoms. The summed E-state index contributed by atoms with van der Waals surface area (Å²) in [6.45, 7) is 12.4. The number of nitrogens with zero attached hydrogens (tertiary/aromatic N) is 14. The number of hydrogen-bond donors (Lipinski definition) is 0. The third-order valence-electron chi connectivity index (χ3n) is 9.20. The zero-order valence-electron chi connectivity index (χ0n) is 25.4. The fraction of sp³-hybridized carbons (Fsp3) is 0.917. The van der Waals surface area contributed by atoms with Crippen LogP contribution in [0.4, 0.5) is 0 Å². The Bertz CT molecular complexity index is 992. The predicted octanol–water partition coefficient (Wildman–Crippen LogP) is 2.95. The van der Waals surface area contributed by atoms with E-state index >= 15 is 0 Å². The second-order valence-electron chi connectivity index (χ2n) is 11.8. The van der Waals surface area contributed by atoms with Crippen LogP contribution in [0.1, 0.15) is 12.8 Å². The fourth-order valence-electron chi connectivity index (χ4n) is 6.49. The molecule has 6 fully saturated rings. The first-order chi connectivity index (χ1) is 19.3. The van der Waals surface area contributed by atoms with E-state index in [1.165, 1.54) is 0 Å². The van der Waals surface area contributed by atoms with Crippen molar-refractivity contribution in [3.63, 3.8) is 0 Å². The van der Waals surface area contributed by atoms with Gasteiger partial charge in [-0.15, -0.1) is 9.71 Å². The molecule has 7 rings (SSSR count). The van der Waals surface area contributed by atoms with Gasteiger partial charge in [-0.05, 0) is 65.6 Å². The Labute approximate surface area is 241 Å². The van der Waals surface area contributed by atoms with Crippen molar-refractivity contribution in [2.75, 3.05) is 121 Å². The topological polar surface area (TPSA) is 100 Å². The van der Waals surface area contributed by atoms with Crippen LogP contribution in [-0.4, -0.2) is 171 Å². The first kappa shape index (κ1) is 30.5. The molecule has 0 aromatic carbocycles. The van der Waals surface area contributed by atoms with E-state index in [0.717, 1.165) is 91.4 Å². The summed E-state index contributed by atoms with van der Waals surface area (Å²) in [4.78, 5) is 15.1. The van der Waals surface area contributed by atoms with Crippen LogP contribution in [0.15, 0.2) is 42.5 Å². The van der Waals surface area contributed by atoms with E-state index in [1.807, 2.05) is 0 Å². The lowest BCUT2D eigenvalue weighted by atomic mass is 9.99. The van der Waals surface area contributed by atoms with Gasteiger partial charge in [-0.1, -0.05) is 12.2 Å². The Morgan fingerprint density at radius 1 is 0.525 bits per heavy atom. The molecule has 1 aliphatic carbocycles. The van der Waals surface area contributed by atoms with Gasteiger partial charge in [0.15, 0.2) is 15.0 Å². The van der Waals surface area contributed by atoms with Crippen molar-refractivity contribution in [2.24, 2.45) is 30.4 Å². The fourth-order valence-corrected chi connectivity index (χ4v) is 12.9. The molecule has 0 spiro atoms. The summed E-state index contributed by atoms with van der Waals surface area (Å²) < 4.78 is 14.4. The molecule has 2 unspecified atom stereocenters. The van der Waals surface area contributed by atoms with Gasteiger partial charge >= 0.3 is 0 Å². The molecule has 0 aromatic rings. The molecule has 0 amide bonds. The molecule has 4 bridgehead atoms. The highest BCUT2D eigenvalue weighted by Gasteiger charge is 2.40. The summed E-state index contributed by atoms with van der Waals surface area (Å²) in [5, 5.41) is 18.5. The number of likely N-dealkylation sites (N-methyl/N-ethyl adjacent to an activating group) is 6. The van der Waals surface area contributed by atoms with Crippen LogP contribution in [-0.2, 0) is 0 Å². The first-order valence-electron chi connectivity index (χ1n) is 14.7. The highest BCUT2D eigenvalue weighted by atomic mass is 31.2. The van der Waals surface area contributed by atoms with Crippen molar-refractivity contribution in [2.45, 2.75) is 24.9 Å². The molecule has 0 radical (unpaired) electrons. The average molecular weight is 597 g/mol. The summed E-state index contributed by atoms with van der Waals surface area (Å²) >= 11 is 0. The molecule has 226 valence electrons. The third-order valence-corrected chi connectivity index (χ3v) is 16.5. The van der Waals surface area contributed by atoms with Crippen molar-refractivity contribution < 1.29 is 0 Å². The standard InChI is InChI=1S/C24H50N14P2/c1-31-10-16-37-17-11-32(2)39(31,33(3)12-18-37)29-27-25-23-8-7-9-24(22-23)26-28-30-40-34(4)13-19-38(20-14-35(40)5)21-15-36(40)6/h7-8,23-24H,9-22H2,1-6H3. The van der Waals surface area contributed by atoms with Crippen LogP contribution < -0.4 is 0 Å². The third kappa shape index (κ3) is 6.08. The number of rotatable bonds is 4. The lowest BCUT2D eigenvalue weighted by Gasteiger charge is -2.49. The summed E-state index contributed by atoms with van der Waals surface area (Å²) in [6.07, 6.45) is 5.93. The maximum atomic E-state index is 5.01. The van der Waals surface area contributed by atoms with E-state index in [1.54, 1.807) is 0 Å². The predicted molar refractivity (Wildman–Crippen MR) is 163 cm³/mol. The second-order valence-corrected chi connectivity index (χ2v) is 18.4. The van der Waals surface area contributed by atoms with Gasteiger partial charge in [0.2, 0.25) is 0 Å². The van der Waals surface area contributed by atoms with Crippen molar-refractivity contribution >= 4 is 15.0 Å². The highest BCUT2D eigenvalue weighted by Crippen LogP contribution is 2.59. The summed E-state index contributed by atoms with van der Waals surface area (Å²) in [5.41, 5.74) is 0. The lowest BCUT2D eigenvalue weighted by molar-refractivity contribution is 0.185. The van der Waals surface area contributed by atoms with Crippen LogP contribution >= 0.6 is 15.0 Å². The molecule has 14 nitrogen and oxygen atoms in total. The minimum absolute atomic E-state index is 0.0460. The Kier molecular flexibility index (Phi) is 10.0. The lowest BCUT2D eigenvalue weighted by Crippen LogP contribution is -2.51. The van der Waals surface area contributed by atoms with Crippen LogP contribution in [0, 0.1) is 0 Å². The SMILES string of the molecule is CN1CCN2CCN(C)P1(=NN=NC1C=CCC(N=NN=P34N(C)CCN(CCN3C)CCN4C)C1)N(C)CC2. The Morgan fingerprint density at radius 2 is 0.900 bits per heavy atom. The number of hydrogen-bond acceptors (Lipinski definition) is 4. The molecular formula is C24H50N14P2. The van der Waals surface area contributed by atoms with Crippen LogP contribution in [0.25, 0.3) is 0 Å². The minimum atomic E-state index is -2.10. The quantitative estimate of drug-likeness (QED) is 0.212. The maximum Gasteiger partial charge on any atom is 0.194 e. The van der Waals surface area contributed by atoms with Gasteiger partial charge in [0.25, 0.3) is 0 Å². The Balaban J connectivity index is 1.31. The summed E-state index contributed by atoms with van der Waals surface area (Å²) in [5.74, 6) is 0. The molecule has 6 heterocycles. The molecular weight excluding hydrogens is 546 g/mol. The van der Waals surface area contributed by atoms with E-state index < -0.39 is 15.0 Å². The van der Waals surface area contributed by atoms with E-state index in [2.05, 4.69) is 108 Å². The van der Waals surface area contributed by atoms with Gasteiger partial charge in [0.1, 0.15) is 0 Å². The molecule has 6 saturated heterocycles. The molecule has 0 saturated carbocycles. The molecule has 7 aliphatic rings. The van der Waals surface area contributed by atoms with Crippen molar-refractivity contribution in [3.8, 4) is 0 Å². The van der Waals surface area contributed by atoms with E-state index in [0.29, 0.717) is 0 Å². The zero-order valence-corrected chi connectivity index (χ0v) is 27.2.